The maximum absolute atomic E-state index is 11.2. The summed E-state index contributed by atoms with van der Waals surface area (Å²) >= 11 is 0. The first kappa shape index (κ1) is 13.2. The molecule has 1 aromatic heterocycles. The van der Waals surface area contributed by atoms with E-state index in [-0.39, 0.29) is 11.3 Å². The van der Waals surface area contributed by atoms with Crippen LogP contribution in [0.1, 0.15) is 29.6 Å². The summed E-state index contributed by atoms with van der Waals surface area (Å²) in [5.74, 6) is -0.274. The molecule has 0 spiro atoms. The van der Waals surface area contributed by atoms with Crippen LogP contribution in [0.25, 0.3) is 0 Å². The van der Waals surface area contributed by atoms with Crippen LogP contribution in [0.5, 0.6) is 0 Å². The molecule has 0 aromatic carbocycles. The highest BCUT2D eigenvalue weighted by Gasteiger charge is 2.29. The van der Waals surface area contributed by atoms with Crippen molar-refractivity contribution in [3.8, 4) is 0 Å². The molecule has 1 aromatic rings. The smallest absolute Gasteiger partial charge is 0.337 e. The van der Waals surface area contributed by atoms with Crippen molar-refractivity contribution in [2.75, 3.05) is 36.8 Å². The van der Waals surface area contributed by atoms with Gasteiger partial charge < -0.3 is 15.7 Å². The predicted molar refractivity (Wildman–Crippen MR) is 77.0 cm³/mol. The summed E-state index contributed by atoms with van der Waals surface area (Å²) in [6.07, 6.45) is 5.24. The fraction of sp³-hybridized carbons (Fsp3) is 0.571. The number of piperazine rings is 1. The monoisotopic (exact) mass is 276 g/mol. The summed E-state index contributed by atoms with van der Waals surface area (Å²) in [4.78, 5) is 20.2. The number of nitrogens with two attached hydrogens (primary N) is 1. The maximum Gasteiger partial charge on any atom is 0.337 e. The van der Waals surface area contributed by atoms with Crippen LogP contribution >= 0.6 is 0 Å². The number of hydrogen-bond donors (Lipinski definition) is 2. The van der Waals surface area contributed by atoms with Crippen LogP contribution < -0.4 is 10.6 Å². The Hall–Kier alpha value is -1.82. The van der Waals surface area contributed by atoms with E-state index >= 15 is 0 Å². The minimum Gasteiger partial charge on any atom is -0.478 e. The van der Waals surface area contributed by atoms with Crippen molar-refractivity contribution in [2.45, 2.75) is 25.3 Å². The summed E-state index contributed by atoms with van der Waals surface area (Å²) in [6, 6.07) is 2.17. The average molecular weight is 276 g/mol. The largest absolute Gasteiger partial charge is 0.478 e. The fourth-order valence-electron chi connectivity index (χ4n) is 3.18. The van der Waals surface area contributed by atoms with Gasteiger partial charge in [0.1, 0.15) is 5.82 Å². The third-order valence-electron chi connectivity index (χ3n) is 4.31. The first-order valence-electron chi connectivity index (χ1n) is 7.13. The topological polar surface area (TPSA) is 82.7 Å². The van der Waals surface area contributed by atoms with Gasteiger partial charge in [-0.25, -0.2) is 9.78 Å². The van der Waals surface area contributed by atoms with Gasteiger partial charge in [-0.2, -0.15) is 0 Å². The molecule has 6 heteroatoms. The first-order valence-corrected chi connectivity index (χ1v) is 7.13. The van der Waals surface area contributed by atoms with E-state index in [2.05, 4.69) is 14.8 Å². The van der Waals surface area contributed by atoms with E-state index in [1.807, 2.05) is 0 Å². The number of nitrogen functional groups attached to an aromatic ring is 1. The molecule has 0 bridgehead atoms. The number of fused-ring (bicyclic) bond motifs is 1. The number of rotatable bonds is 2. The molecule has 0 amide bonds. The Morgan fingerprint density at radius 1 is 1.35 bits per heavy atom. The normalized spacial score (nSPS) is 23.4. The van der Waals surface area contributed by atoms with E-state index in [1.54, 1.807) is 6.07 Å². The molecule has 1 unspecified atom stereocenters. The van der Waals surface area contributed by atoms with Gasteiger partial charge in [0.2, 0.25) is 0 Å². The molecule has 2 fully saturated rings. The number of carbonyl (C=O) groups is 1. The van der Waals surface area contributed by atoms with Crippen LogP contribution in [-0.2, 0) is 0 Å². The Labute approximate surface area is 118 Å². The quantitative estimate of drug-likeness (QED) is 0.839. The number of nitrogens with zero attached hydrogens (tertiary/aromatic N) is 3. The second kappa shape index (κ2) is 5.28. The molecule has 108 valence electrons. The van der Waals surface area contributed by atoms with Gasteiger partial charge in [0, 0.05) is 25.7 Å². The van der Waals surface area contributed by atoms with Crippen LogP contribution in [0.15, 0.2) is 12.3 Å². The van der Waals surface area contributed by atoms with Gasteiger partial charge in [0.25, 0.3) is 0 Å². The molecule has 20 heavy (non-hydrogen) atoms. The summed E-state index contributed by atoms with van der Waals surface area (Å²) in [5.41, 5.74) is 6.02. The van der Waals surface area contributed by atoms with Crippen LogP contribution in [-0.4, -0.2) is 53.2 Å². The van der Waals surface area contributed by atoms with Gasteiger partial charge in [-0.1, -0.05) is 6.42 Å². The van der Waals surface area contributed by atoms with Crippen LogP contribution in [0.3, 0.4) is 0 Å². The standard InChI is InChI=1S/C14H20N4O2/c15-12-8-16-13(7-11(12)14(19)20)18-6-5-17-4-2-1-3-10(17)9-18/h7-8,10H,1-6,9,15H2,(H,19,20). The molecule has 6 nitrogen and oxygen atoms in total. The molecular weight excluding hydrogens is 256 g/mol. The molecule has 0 saturated carbocycles. The van der Waals surface area contributed by atoms with Crippen LogP contribution in [0, 0.1) is 0 Å². The van der Waals surface area contributed by atoms with E-state index in [9.17, 15) is 4.79 Å². The van der Waals surface area contributed by atoms with E-state index in [0.29, 0.717) is 6.04 Å². The number of piperidine rings is 1. The molecule has 2 aliphatic rings. The zero-order valence-electron chi connectivity index (χ0n) is 11.5. The van der Waals surface area contributed by atoms with E-state index in [1.165, 1.54) is 32.0 Å². The van der Waals surface area contributed by atoms with Crippen LogP contribution in [0.4, 0.5) is 11.5 Å². The van der Waals surface area contributed by atoms with Crippen molar-refractivity contribution in [1.82, 2.24) is 9.88 Å². The van der Waals surface area contributed by atoms with Crippen molar-refractivity contribution >= 4 is 17.5 Å². The van der Waals surface area contributed by atoms with Crippen molar-refractivity contribution in [2.24, 2.45) is 0 Å². The molecule has 0 aliphatic carbocycles. The van der Waals surface area contributed by atoms with Crippen molar-refractivity contribution in [3.63, 3.8) is 0 Å². The molecule has 0 radical (unpaired) electrons. The van der Waals surface area contributed by atoms with Gasteiger partial charge in [-0.05, 0) is 25.5 Å². The highest BCUT2D eigenvalue weighted by molar-refractivity contribution is 5.94. The Kier molecular flexibility index (Phi) is 3.48. The number of pyridine rings is 1. The minimum atomic E-state index is -0.998. The molecule has 1 atom stereocenters. The van der Waals surface area contributed by atoms with Gasteiger partial charge in [0.05, 0.1) is 17.4 Å². The molecule has 3 rings (SSSR count). The van der Waals surface area contributed by atoms with Crippen molar-refractivity contribution < 1.29 is 9.90 Å². The lowest BCUT2D eigenvalue weighted by atomic mass is 9.99. The third kappa shape index (κ3) is 2.43. The Balaban J connectivity index is 1.79. The van der Waals surface area contributed by atoms with Crippen molar-refractivity contribution in [3.05, 3.63) is 17.8 Å². The molecule has 3 heterocycles. The Morgan fingerprint density at radius 3 is 3.00 bits per heavy atom. The second-order valence-corrected chi connectivity index (χ2v) is 5.57. The van der Waals surface area contributed by atoms with Gasteiger partial charge >= 0.3 is 5.97 Å². The van der Waals surface area contributed by atoms with E-state index in [0.717, 1.165) is 25.5 Å². The average Bonchev–Trinajstić information content (AvgIpc) is 2.47. The molecular formula is C14H20N4O2. The number of hydrogen-bond acceptors (Lipinski definition) is 5. The number of aromatic nitrogens is 1. The number of aromatic carboxylic acids is 1. The summed E-state index contributed by atoms with van der Waals surface area (Å²) in [7, 11) is 0. The lowest BCUT2D eigenvalue weighted by Gasteiger charge is -2.44. The summed E-state index contributed by atoms with van der Waals surface area (Å²) < 4.78 is 0. The molecule has 2 saturated heterocycles. The first-order chi connectivity index (χ1) is 9.65. The van der Waals surface area contributed by atoms with Gasteiger partial charge in [0.15, 0.2) is 0 Å². The van der Waals surface area contributed by atoms with E-state index < -0.39 is 5.97 Å². The summed E-state index contributed by atoms with van der Waals surface area (Å²) in [5, 5.41) is 9.14. The highest BCUT2D eigenvalue weighted by Crippen LogP contribution is 2.25. The lowest BCUT2D eigenvalue weighted by Crippen LogP contribution is -2.55. The maximum atomic E-state index is 11.2. The Morgan fingerprint density at radius 2 is 2.20 bits per heavy atom. The number of anilines is 2. The molecule has 2 aliphatic heterocycles. The predicted octanol–water partition coefficient (Wildman–Crippen LogP) is 1.04. The van der Waals surface area contributed by atoms with Crippen LogP contribution in [0.2, 0.25) is 0 Å². The summed E-state index contributed by atoms with van der Waals surface area (Å²) in [6.45, 7) is 4.04. The fourth-order valence-corrected chi connectivity index (χ4v) is 3.18. The highest BCUT2D eigenvalue weighted by atomic mass is 16.4. The minimum absolute atomic E-state index is 0.140. The lowest BCUT2D eigenvalue weighted by molar-refractivity contribution is 0.0698. The Bertz CT molecular complexity index is 520. The zero-order chi connectivity index (χ0) is 14.1. The third-order valence-corrected chi connectivity index (χ3v) is 4.31. The second-order valence-electron chi connectivity index (χ2n) is 5.57. The zero-order valence-corrected chi connectivity index (χ0v) is 11.5. The number of carboxylic acid groups (broad SMARTS) is 1. The van der Waals surface area contributed by atoms with E-state index in [4.69, 9.17) is 10.8 Å². The van der Waals surface area contributed by atoms with Crippen molar-refractivity contribution in [1.29, 1.82) is 0 Å². The van der Waals surface area contributed by atoms with Gasteiger partial charge in [-0.3, -0.25) is 4.90 Å². The number of carboxylic acids is 1. The SMILES string of the molecule is Nc1cnc(N2CCN3CCCCC3C2)cc1C(=O)O. The molecule has 3 N–H and O–H groups in total. The van der Waals surface area contributed by atoms with Gasteiger partial charge in [-0.15, -0.1) is 0 Å².